The SMILES string of the molecule is Cc1ccc(S(=O)(=O)O)cc1.Cc1ccc2c(c1C)CC[C@H](CC(=O)O)[C@H]2O. The van der Waals surface area contributed by atoms with Crippen LogP contribution in [0.15, 0.2) is 41.3 Å². The quantitative estimate of drug-likeness (QED) is 0.671. The number of hydrogen-bond donors (Lipinski definition) is 3. The van der Waals surface area contributed by atoms with Gasteiger partial charge >= 0.3 is 5.97 Å². The molecule has 28 heavy (non-hydrogen) atoms. The van der Waals surface area contributed by atoms with E-state index < -0.39 is 22.2 Å². The lowest BCUT2D eigenvalue weighted by molar-refractivity contribution is -0.139. The zero-order chi connectivity index (χ0) is 21.1. The summed E-state index contributed by atoms with van der Waals surface area (Å²) in [6.07, 6.45) is 1.05. The van der Waals surface area contributed by atoms with E-state index in [-0.39, 0.29) is 17.2 Å². The van der Waals surface area contributed by atoms with Crippen molar-refractivity contribution in [2.24, 2.45) is 5.92 Å². The highest BCUT2D eigenvalue weighted by molar-refractivity contribution is 7.85. The third-order valence-electron chi connectivity index (χ3n) is 5.19. The summed E-state index contributed by atoms with van der Waals surface area (Å²) >= 11 is 0. The molecule has 7 heteroatoms. The van der Waals surface area contributed by atoms with Crippen LogP contribution in [0.25, 0.3) is 0 Å². The Balaban J connectivity index is 0.000000221. The molecule has 1 aliphatic rings. The van der Waals surface area contributed by atoms with Crippen molar-refractivity contribution in [3.8, 4) is 0 Å². The molecule has 1 aliphatic carbocycles. The van der Waals surface area contributed by atoms with Crippen LogP contribution in [0, 0.1) is 26.7 Å². The van der Waals surface area contributed by atoms with E-state index in [0.29, 0.717) is 0 Å². The fourth-order valence-corrected chi connectivity index (χ4v) is 3.87. The Morgan fingerprint density at radius 1 is 1.07 bits per heavy atom. The predicted octanol–water partition coefficient (Wildman–Crippen LogP) is 3.62. The number of carboxylic acids is 1. The van der Waals surface area contributed by atoms with Crippen LogP contribution in [0.5, 0.6) is 0 Å². The summed E-state index contributed by atoms with van der Waals surface area (Å²) in [5.74, 6) is -0.983. The number of aliphatic hydroxyl groups excluding tert-OH is 1. The second-order valence-electron chi connectivity index (χ2n) is 7.20. The Morgan fingerprint density at radius 3 is 2.21 bits per heavy atom. The van der Waals surface area contributed by atoms with Crippen molar-refractivity contribution in [1.82, 2.24) is 0 Å². The normalized spacial score (nSPS) is 18.6. The third kappa shape index (κ3) is 5.41. The van der Waals surface area contributed by atoms with E-state index in [2.05, 4.69) is 13.8 Å². The first-order valence-electron chi connectivity index (χ1n) is 9.03. The van der Waals surface area contributed by atoms with Gasteiger partial charge in [0.2, 0.25) is 0 Å². The molecule has 0 amide bonds. The van der Waals surface area contributed by atoms with Gasteiger partial charge in [-0.25, -0.2) is 0 Å². The summed E-state index contributed by atoms with van der Waals surface area (Å²) < 4.78 is 29.6. The molecule has 0 bridgehead atoms. The third-order valence-corrected chi connectivity index (χ3v) is 6.06. The number of carboxylic acid groups (broad SMARTS) is 1. The van der Waals surface area contributed by atoms with Gasteiger partial charge in [-0.1, -0.05) is 29.8 Å². The van der Waals surface area contributed by atoms with Crippen LogP contribution >= 0.6 is 0 Å². The van der Waals surface area contributed by atoms with E-state index >= 15 is 0 Å². The number of fused-ring (bicyclic) bond motifs is 1. The average molecular weight is 407 g/mol. The van der Waals surface area contributed by atoms with Crippen molar-refractivity contribution in [2.75, 3.05) is 0 Å². The fourth-order valence-electron chi connectivity index (χ4n) is 3.39. The maximum absolute atomic E-state index is 10.7. The second kappa shape index (κ2) is 8.86. The number of rotatable bonds is 3. The fraction of sp³-hybridized carbons (Fsp3) is 0.381. The first kappa shape index (κ1) is 22.1. The predicted molar refractivity (Wildman–Crippen MR) is 106 cm³/mol. The van der Waals surface area contributed by atoms with Crippen LogP contribution < -0.4 is 0 Å². The van der Waals surface area contributed by atoms with Crippen LogP contribution in [0.2, 0.25) is 0 Å². The minimum atomic E-state index is -4.02. The second-order valence-corrected chi connectivity index (χ2v) is 8.63. The average Bonchev–Trinajstić information content (AvgIpc) is 2.60. The number of aliphatic carboxylic acids is 1. The number of aryl methyl sites for hydroxylation is 2. The van der Waals surface area contributed by atoms with Crippen molar-refractivity contribution < 1.29 is 28.0 Å². The summed E-state index contributed by atoms with van der Waals surface area (Å²) in [7, 11) is -4.02. The number of aliphatic hydroxyl groups is 1. The van der Waals surface area contributed by atoms with Crippen LogP contribution in [0.1, 0.15) is 46.8 Å². The molecule has 0 saturated carbocycles. The van der Waals surface area contributed by atoms with Gasteiger partial charge in [-0.2, -0.15) is 8.42 Å². The standard InChI is InChI=1S/C14H18O3.C7H8O3S/c1-8-3-5-12-11(9(8)2)6-4-10(14(12)17)7-13(15)16;1-6-2-4-7(5-3-6)11(8,9)10/h3,5,10,14,17H,4,6-7H2,1-2H3,(H,15,16);2-5H,1H3,(H,8,9,10)/t10-,14-;/m1./s1. The Labute approximate surface area is 165 Å². The van der Waals surface area contributed by atoms with Gasteiger partial charge in [0.15, 0.2) is 0 Å². The number of hydrogen-bond acceptors (Lipinski definition) is 4. The van der Waals surface area contributed by atoms with E-state index in [0.717, 1.165) is 24.0 Å². The molecular weight excluding hydrogens is 380 g/mol. The summed E-state index contributed by atoms with van der Waals surface area (Å²) in [5.41, 5.74) is 5.55. The summed E-state index contributed by atoms with van der Waals surface area (Å²) in [4.78, 5) is 10.7. The van der Waals surface area contributed by atoms with Crippen molar-refractivity contribution in [3.05, 3.63) is 64.2 Å². The molecule has 0 aliphatic heterocycles. The molecule has 2 aromatic rings. The van der Waals surface area contributed by atoms with E-state index in [9.17, 15) is 18.3 Å². The lowest BCUT2D eigenvalue weighted by Gasteiger charge is -2.30. The topological polar surface area (TPSA) is 112 Å². The molecule has 0 heterocycles. The first-order valence-corrected chi connectivity index (χ1v) is 10.5. The molecule has 0 saturated heterocycles. The van der Waals surface area contributed by atoms with Crippen molar-refractivity contribution >= 4 is 16.1 Å². The summed E-state index contributed by atoms with van der Waals surface area (Å²) in [6, 6.07) is 9.93. The minimum absolute atomic E-state index is 0.0491. The van der Waals surface area contributed by atoms with Crippen LogP contribution in [0.3, 0.4) is 0 Å². The minimum Gasteiger partial charge on any atom is -0.481 e. The molecule has 6 nitrogen and oxygen atoms in total. The largest absolute Gasteiger partial charge is 0.481 e. The van der Waals surface area contributed by atoms with E-state index in [1.165, 1.54) is 28.8 Å². The van der Waals surface area contributed by atoms with Crippen LogP contribution in [0.4, 0.5) is 0 Å². The van der Waals surface area contributed by atoms with Gasteiger partial charge in [0.05, 0.1) is 17.4 Å². The highest BCUT2D eigenvalue weighted by Gasteiger charge is 2.30. The van der Waals surface area contributed by atoms with Crippen LogP contribution in [-0.2, 0) is 21.3 Å². The zero-order valence-corrected chi connectivity index (χ0v) is 17.0. The lowest BCUT2D eigenvalue weighted by atomic mass is 9.77. The van der Waals surface area contributed by atoms with Gasteiger partial charge in [-0.3, -0.25) is 9.35 Å². The number of benzene rings is 2. The van der Waals surface area contributed by atoms with Crippen molar-refractivity contribution in [1.29, 1.82) is 0 Å². The van der Waals surface area contributed by atoms with Gasteiger partial charge in [-0.15, -0.1) is 0 Å². The van der Waals surface area contributed by atoms with Crippen LogP contribution in [-0.4, -0.2) is 29.2 Å². The highest BCUT2D eigenvalue weighted by atomic mass is 32.2. The summed E-state index contributed by atoms with van der Waals surface area (Å²) in [6.45, 7) is 5.97. The Bertz CT molecular complexity index is 948. The van der Waals surface area contributed by atoms with E-state index in [4.69, 9.17) is 9.66 Å². The van der Waals surface area contributed by atoms with Gasteiger partial charge < -0.3 is 10.2 Å². The Hall–Kier alpha value is -2.22. The van der Waals surface area contributed by atoms with Gasteiger partial charge in [-0.05, 0) is 73.9 Å². The maximum Gasteiger partial charge on any atom is 0.303 e. The summed E-state index contributed by atoms with van der Waals surface area (Å²) in [5, 5.41) is 19.0. The van der Waals surface area contributed by atoms with E-state index in [1.807, 2.05) is 19.1 Å². The zero-order valence-electron chi connectivity index (χ0n) is 16.2. The first-order chi connectivity index (χ1) is 13.0. The lowest BCUT2D eigenvalue weighted by Crippen LogP contribution is -2.23. The van der Waals surface area contributed by atoms with Gasteiger partial charge in [0.25, 0.3) is 10.1 Å². The smallest absolute Gasteiger partial charge is 0.303 e. The molecule has 0 radical (unpaired) electrons. The molecule has 0 spiro atoms. The van der Waals surface area contributed by atoms with Gasteiger partial charge in [0.1, 0.15) is 0 Å². The molecule has 152 valence electrons. The highest BCUT2D eigenvalue weighted by Crippen LogP contribution is 2.38. The molecule has 3 rings (SSSR count). The van der Waals surface area contributed by atoms with Gasteiger partial charge in [0, 0.05) is 0 Å². The Kier molecular flexibility index (Phi) is 6.98. The molecule has 3 N–H and O–H groups in total. The molecule has 0 aromatic heterocycles. The van der Waals surface area contributed by atoms with Crippen molar-refractivity contribution in [3.63, 3.8) is 0 Å². The monoisotopic (exact) mass is 406 g/mol. The maximum atomic E-state index is 10.7. The molecule has 2 atom stereocenters. The molecule has 2 aromatic carbocycles. The Morgan fingerprint density at radius 2 is 1.68 bits per heavy atom. The molecule has 0 unspecified atom stereocenters. The van der Waals surface area contributed by atoms with Crippen molar-refractivity contribution in [2.45, 2.75) is 51.0 Å². The molecular formula is C21H26O6S. The number of carbonyl (C=O) groups is 1. The molecule has 0 fully saturated rings. The van der Waals surface area contributed by atoms with E-state index in [1.54, 1.807) is 12.1 Å².